The maximum atomic E-state index is 12.9. The second kappa shape index (κ2) is 10.7. The van der Waals surface area contributed by atoms with E-state index in [9.17, 15) is 18.0 Å². The summed E-state index contributed by atoms with van der Waals surface area (Å²) < 4.78 is 33.2. The van der Waals surface area contributed by atoms with E-state index in [1.807, 2.05) is 13.8 Å². The van der Waals surface area contributed by atoms with E-state index >= 15 is 0 Å². The quantitative estimate of drug-likeness (QED) is 0.450. The van der Waals surface area contributed by atoms with Gasteiger partial charge in [0.1, 0.15) is 5.60 Å². The van der Waals surface area contributed by atoms with Crippen LogP contribution >= 0.6 is 0 Å². The van der Waals surface area contributed by atoms with E-state index in [0.29, 0.717) is 29.8 Å². The minimum absolute atomic E-state index is 0.0160. The van der Waals surface area contributed by atoms with Crippen molar-refractivity contribution in [1.82, 2.24) is 10.2 Å². The van der Waals surface area contributed by atoms with E-state index in [0.717, 1.165) is 6.26 Å². The normalized spacial score (nSPS) is 11.9. The van der Waals surface area contributed by atoms with Crippen molar-refractivity contribution in [1.29, 1.82) is 0 Å². The van der Waals surface area contributed by atoms with Gasteiger partial charge in [-0.15, -0.1) is 0 Å². The van der Waals surface area contributed by atoms with Gasteiger partial charge in [0.25, 0.3) is 16.0 Å². The van der Waals surface area contributed by atoms with E-state index < -0.39 is 21.7 Å². The number of nitrogens with zero attached hydrogens (tertiary/aromatic N) is 1. The van der Waals surface area contributed by atoms with Crippen molar-refractivity contribution in [2.75, 3.05) is 25.9 Å². The summed E-state index contributed by atoms with van der Waals surface area (Å²) in [5.41, 5.74) is 0.958. The second-order valence-corrected chi connectivity index (χ2v) is 9.22. The summed E-state index contributed by atoms with van der Waals surface area (Å²) in [6.07, 6.45) is 0.961. The summed E-state index contributed by atoms with van der Waals surface area (Å²) in [5, 5.41) is 2.98. The number of hydrogen-bond donors (Lipinski definition) is 1. The van der Waals surface area contributed by atoms with Gasteiger partial charge in [-0.25, -0.2) is 0 Å². The van der Waals surface area contributed by atoms with Crippen molar-refractivity contribution in [3.05, 3.63) is 34.9 Å². The summed E-state index contributed by atoms with van der Waals surface area (Å²) in [6.45, 7) is 10.1. The molecule has 0 bridgehead atoms. The highest BCUT2D eigenvalue weighted by Crippen LogP contribution is 2.19. The second-order valence-electron chi connectivity index (χ2n) is 7.58. The van der Waals surface area contributed by atoms with E-state index in [1.165, 1.54) is 0 Å². The minimum atomic E-state index is -3.69. The number of rotatable bonds is 10. The van der Waals surface area contributed by atoms with Gasteiger partial charge in [-0.3, -0.25) is 13.8 Å². The van der Waals surface area contributed by atoms with Gasteiger partial charge in [-0.05, 0) is 51.8 Å². The molecule has 29 heavy (non-hydrogen) atoms. The van der Waals surface area contributed by atoms with Crippen molar-refractivity contribution in [3.63, 3.8) is 0 Å². The molecular formula is C20H32N2O6S. The molecule has 1 aromatic rings. The minimum Gasteiger partial charge on any atom is -0.459 e. The lowest BCUT2D eigenvalue weighted by molar-refractivity contribution is -0.153. The summed E-state index contributed by atoms with van der Waals surface area (Å²) in [5.74, 6) is -0.599. The average Bonchev–Trinajstić information content (AvgIpc) is 2.59. The molecule has 1 N–H and O–H groups in total. The molecule has 1 rings (SSSR count). The van der Waals surface area contributed by atoms with Crippen LogP contribution < -0.4 is 5.32 Å². The van der Waals surface area contributed by atoms with Crippen LogP contribution in [0, 0.1) is 0 Å². The Hall–Kier alpha value is -1.97. The van der Waals surface area contributed by atoms with Crippen LogP contribution in [0.15, 0.2) is 18.2 Å². The first-order chi connectivity index (χ1) is 13.4. The SMILES string of the molecule is CCN(CC)C(=O)c1cccc(CNCC(=O)OC(C)(C)C)c1COS(C)(=O)=O. The van der Waals surface area contributed by atoms with Crippen molar-refractivity contribution in [2.45, 2.75) is 53.4 Å². The molecule has 164 valence electrons. The van der Waals surface area contributed by atoms with Gasteiger partial charge in [0.05, 0.1) is 19.4 Å². The Balaban J connectivity index is 3.07. The molecule has 0 saturated heterocycles. The summed E-state index contributed by atoms with van der Waals surface area (Å²) >= 11 is 0. The topological polar surface area (TPSA) is 102 Å². The smallest absolute Gasteiger partial charge is 0.320 e. The van der Waals surface area contributed by atoms with E-state index in [1.54, 1.807) is 43.9 Å². The Kier molecular flexibility index (Phi) is 9.25. The highest BCUT2D eigenvalue weighted by Gasteiger charge is 2.21. The Labute approximate surface area is 173 Å². The molecule has 0 aliphatic carbocycles. The molecule has 0 atom stereocenters. The third-order valence-corrected chi connectivity index (χ3v) is 4.52. The zero-order valence-corrected chi connectivity index (χ0v) is 18.9. The fraction of sp³-hybridized carbons (Fsp3) is 0.600. The van der Waals surface area contributed by atoms with E-state index in [-0.39, 0.29) is 25.6 Å². The Morgan fingerprint density at radius 1 is 1.14 bits per heavy atom. The molecule has 0 unspecified atom stereocenters. The molecule has 0 aliphatic rings. The van der Waals surface area contributed by atoms with Crippen molar-refractivity contribution in [3.8, 4) is 0 Å². The molecule has 0 aromatic heterocycles. The van der Waals surface area contributed by atoms with Gasteiger partial charge in [0.15, 0.2) is 0 Å². The maximum Gasteiger partial charge on any atom is 0.320 e. The van der Waals surface area contributed by atoms with E-state index in [4.69, 9.17) is 8.92 Å². The highest BCUT2D eigenvalue weighted by molar-refractivity contribution is 7.85. The molecule has 0 heterocycles. The van der Waals surface area contributed by atoms with Gasteiger partial charge < -0.3 is 15.0 Å². The predicted molar refractivity (Wildman–Crippen MR) is 111 cm³/mol. The molecule has 0 radical (unpaired) electrons. The highest BCUT2D eigenvalue weighted by atomic mass is 32.2. The number of esters is 1. The van der Waals surface area contributed by atoms with E-state index in [2.05, 4.69) is 5.32 Å². The van der Waals surface area contributed by atoms with Crippen LogP contribution in [0.25, 0.3) is 0 Å². The maximum absolute atomic E-state index is 12.9. The first-order valence-electron chi connectivity index (χ1n) is 9.55. The summed E-state index contributed by atoms with van der Waals surface area (Å²) in [7, 11) is -3.69. The number of amides is 1. The molecule has 1 amide bonds. The fourth-order valence-corrected chi connectivity index (χ4v) is 3.03. The van der Waals surface area contributed by atoms with Crippen LogP contribution in [0.1, 0.15) is 56.1 Å². The lowest BCUT2D eigenvalue weighted by Crippen LogP contribution is -2.33. The Morgan fingerprint density at radius 3 is 2.28 bits per heavy atom. The molecule has 0 aliphatic heterocycles. The zero-order valence-electron chi connectivity index (χ0n) is 18.1. The van der Waals surface area contributed by atoms with Crippen LogP contribution in [0.5, 0.6) is 0 Å². The van der Waals surface area contributed by atoms with Crippen molar-refractivity contribution < 1.29 is 26.9 Å². The average molecular weight is 429 g/mol. The monoisotopic (exact) mass is 428 g/mol. The Bertz CT molecular complexity index is 811. The molecule has 1 aromatic carbocycles. The van der Waals surface area contributed by atoms with Gasteiger partial charge >= 0.3 is 5.97 Å². The first-order valence-corrected chi connectivity index (χ1v) is 11.4. The summed E-state index contributed by atoms with van der Waals surface area (Å²) in [6, 6.07) is 5.15. The third kappa shape index (κ3) is 8.93. The van der Waals surface area contributed by atoms with Crippen LogP contribution in [0.2, 0.25) is 0 Å². The van der Waals surface area contributed by atoms with Crippen LogP contribution in [0.3, 0.4) is 0 Å². The molecule has 8 nitrogen and oxygen atoms in total. The van der Waals surface area contributed by atoms with Crippen molar-refractivity contribution in [2.24, 2.45) is 0 Å². The number of nitrogens with one attached hydrogen (secondary N) is 1. The number of carbonyl (C=O) groups is 2. The fourth-order valence-electron chi connectivity index (χ4n) is 2.70. The number of hydrogen-bond acceptors (Lipinski definition) is 7. The lowest BCUT2D eigenvalue weighted by Gasteiger charge is -2.22. The zero-order chi connectivity index (χ0) is 22.2. The standard InChI is InChI=1S/C20H32N2O6S/c1-7-22(8-2)19(24)16-11-9-10-15(17(16)14-27-29(6,25)26)12-21-13-18(23)28-20(3,4)5/h9-11,21H,7-8,12-14H2,1-6H3. The van der Waals surface area contributed by atoms with Gasteiger partial charge in [-0.2, -0.15) is 8.42 Å². The number of benzene rings is 1. The van der Waals surface area contributed by atoms with Crippen molar-refractivity contribution >= 4 is 22.0 Å². The van der Waals surface area contributed by atoms with Crippen LogP contribution in [0.4, 0.5) is 0 Å². The van der Waals surface area contributed by atoms with Gasteiger partial charge in [-0.1, -0.05) is 12.1 Å². The number of carbonyl (C=O) groups excluding carboxylic acids is 2. The molecule has 9 heteroatoms. The largest absolute Gasteiger partial charge is 0.459 e. The predicted octanol–water partition coefficient (Wildman–Crippen LogP) is 2.08. The van der Waals surface area contributed by atoms with Crippen LogP contribution in [-0.4, -0.2) is 56.7 Å². The number of ether oxygens (including phenoxy) is 1. The third-order valence-electron chi connectivity index (χ3n) is 3.98. The molecule has 0 fully saturated rings. The molecular weight excluding hydrogens is 396 g/mol. The molecule has 0 saturated carbocycles. The van der Waals surface area contributed by atoms with Crippen LogP contribution in [-0.2, 0) is 37.0 Å². The Morgan fingerprint density at radius 2 is 1.76 bits per heavy atom. The summed E-state index contributed by atoms with van der Waals surface area (Å²) in [4.78, 5) is 26.4. The molecule has 0 spiro atoms. The first kappa shape index (κ1) is 25.1. The van der Waals surface area contributed by atoms with Gasteiger partial charge in [0, 0.05) is 25.2 Å². The lowest BCUT2D eigenvalue weighted by atomic mass is 10.00. The van der Waals surface area contributed by atoms with Gasteiger partial charge in [0.2, 0.25) is 0 Å².